The Hall–Kier alpha value is -2.55. The first kappa shape index (κ1) is 19.8. The van der Waals surface area contributed by atoms with Gasteiger partial charge in [-0.25, -0.2) is 0 Å². The van der Waals surface area contributed by atoms with Crippen LogP contribution in [0.5, 0.6) is 0 Å². The maximum Gasteiger partial charge on any atom is 0.292 e. The first-order valence-corrected chi connectivity index (χ1v) is 10.1. The number of halogens is 3. The van der Waals surface area contributed by atoms with Gasteiger partial charge in [0.25, 0.3) is 5.91 Å². The Bertz CT molecular complexity index is 1150. The van der Waals surface area contributed by atoms with Crippen LogP contribution in [-0.4, -0.2) is 25.5 Å². The Morgan fingerprint density at radius 2 is 2.03 bits per heavy atom. The predicted molar refractivity (Wildman–Crippen MR) is 113 cm³/mol. The Kier molecular flexibility index (Phi) is 5.75. The third kappa shape index (κ3) is 4.72. The molecule has 1 aromatic carbocycles. The maximum absolute atomic E-state index is 12.5. The number of benzene rings is 1. The van der Waals surface area contributed by atoms with Crippen LogP contribution in [0.1, 0.15) is 21.9 Å². The van der Waals surface area contributed by atoms with E-state index in [9.17, 15) is 4.79 Å². The predicted octanol–water partition coefficient (Wildman–Crippen LogP) is 5.09. The van der Waals surface area contributed by atoms with Crippen molar-refractivity contribution in [2.24, 2.45) is 0 Å². The SMILES string of the molecule is O=C(Nc1nn(Cc2ccc(Cl)cc2Cl)cc1Br)c1ccc(Cn2cccn2)o1. The molecule has 4 rings (SSSR count). The minimum absolute atomic E-state index is 0.189. The van der Waals surface area contributed by atoms with Crippen molar-refractivity contribution in [3.8, 4) is 0 Å². The largest absolute Gasteiger partial charge is 0.454 e. The van der Waals surface area contributed by atoms with Crippen LogP contribution >= 0.6 is 39.1 Å². The lowest BCUT2D eigenvalue weighted by atomic mass is 10.2. The third-order valence-electron chi connectivity index (χ3n) is 4.06. The van der Waals surface area contributed by atoms with Crippen molar-refractivity contribution in [2.75, 3.05) is 5.32 Å². The van der Waals surface area contributed by atoms with Gasteiger partial charge in [-0.05, 0) is 51.8 Å². The Labute approximate surface area is 184 Å². The molecule has 1 amide bonds. The van der Waals surface area contributed by atoms with Gasteiger partial charge in [-0.3, -0.25) is 14.2 Å². The zero-order valence-corrected chi connectivity index (χ0v) is 17.9. The Balaban J connectivity index is 1.44. The number of nitrogens with zero attached hydrogens (tertiary/aromatic N) is 4. The highest BCUT2D eigenvalue weighted by atomic mass is 79.9. The number of hydrogen-bond donors (Lipinski definition) is 1. The summed E-state index contributed by atoms with van der Waals surface area (Å²) >= 11 is 15.6. The van der Waals surface area contributed by atoms with Gasteiger partial charge in [0.15, 0.2) is 11.6 Å². The van der Waals surface area contributed by atoms with E-state index in [0.29, 0.717) is 39.2 Å². The molecule has 3 aromatic heterocycles. The van der Waals surface area contributed by atoms with E-state index in [0.717, 1.165) is 5.56 Å². The van der Waals surface area contributed by atoms with Crippen LogP contribution in [-0.2, 0) is 13.1 Å². The molecule has 3 heterocycles. The minimum atomic E-state index is -0.396. The maximum atomic E-state index is 12.5. The number of carbonyl (C=O) groups excluding carboxylic acids is 1. The summed E-state index contributed by atoms with van der Waals surface area (Å²) in [4.78, 5) is 12.5. The van der Waals surface area contributed by atoms with Crippen molar-refractivity contribution >= 4 is 50.9 Å². The van der Waals surface area contributed by atoms with Crippen LogP contribution in [0.2, 0.25) is 10.0 Å². The van der Waals surface area contributed by atoms with Gasteiger partial charge < -0.3 is 9.73 Å². The summed E-state index contributed by atoms with van der Waals surface area (Å²) in [6.07, 6.45) is 5.26. The molecule has 0 saturated heterocycles. The van der Waals surface area contributed by atoms with Gasteiger partial charge >= 0.3 is 0 Å². The molecule has 0 fully saturated rings. The lowest BCUT2D eigenvalue weighted by molar-refractivity contribution is 0.0994. The minimum Gasteiger partial charge on any atom is -0.454 e. The second kappa shape index (κ2) is 8.44. The molecule has 0 bridgehead atoms. The normalized spacial score (nSPS) is 11.0. The van der Waals surface area contributed by atoms with Crippen LogP contribution in [0.4, 0.5) is 5.82 Å². The van der Waals surface area contributed by atoms with Crippen LogP contribution in [0, 0.1) is 0 Å². The number of furan rings is 1. The third-order valence-corrected chi connectivity index (χ3v) is 5.23. The van der Waals surface area contributed by atoms with Gasteiger partial charge in [-0.2, -0.15) is 10.2 Å². The molecule has 0 radical (unpaired) electrons. The van der Waals surface area contributed by atoms with Crippen molar-refractivity contribution in [2.45, 2.75) is 13.1 Å². The Morgan fingerprint density at radius 3 is 2.79 bits per heavy atom. The van der Waals surface area contributed by atoms with E-state index in [1.807, 2.05) is 18.3 Å². The molecule has 29 heavy (non-hydrogen) atoms. The number of aromatic nitrogens is 4. The van der Waals surface area contributed by atoms with E-state index in [1.165, 1.54) is 0 Å². The average molecular weight is 495 g/mol. The molecule has 1 N–H and O–H groups in total. The molecule has 0 saturated carbocycles. The van der Waals surface area contributed by atoms with Crippen LogP contribution in [0.25, 0.3) is 0 Å². The Morgan fingerprint density at radius 1 is 1.17 bits per heavy atom. The van der Waals surface area contributed by atoms with E-state index < -0.39 is 5.91 Å². The summed E-state index contributed by atoms with van der Waals surface area (Å²) in [6, 6.07) is 10.5. The molecule has 0 aliphatic heterocycles. The summed E-state index contributed by atoms with van der Waals surface area (Å²) in [5, 5.41) is 12.4. The summed E-state index contributed by atoms with van der Waals surface area (Å²) in [7, 11) is 0. The number of nitrogens with one attached hydrogen (secondary N) is 1. The van der Waals surface area contributed by atoms with Crippen molar-refractivity contribution < 1.29 is 9.21 Å². The molecule has 0 unspecified atom stereocenters. The zero-order chi connectivity index (χ0) is 20.4. The molecular weight excluding hydrogens is 481 g/mol. The van der Waals surface area contributed by atoms with E-state index in [1.54, 1.807) is 46.0 Å². The van der Waals surface area contributed by atoms with Gasteiger partial charge in [-0.15, -0.1) is 0 Å². The molecule has 10 heteroatoms. The van der Waals surface area contributed by atoms with E-state index in [2.05, 4.69) is 31.4 Å². The number of rotatable bonds is 6. The standard InChI is InChI=1S/C19H14BrCl2N5O2/c20-15-11-27(9-12-2-3-13(21)8-16(12)22)25-18(15)24-19(28)17-5-4-14(29-17)10-26-7-1-6-23-26/h1-8,11H,9-10H2,(H,24,25,28). The monoisotopic (exact) mass is 493 g/mol. The van der Waals surface area contributed by atoms with Crippen molar-refractivity contribution in [1.82, 2.24) is 19.6 Å². The number of hydrogen-bond acceptors (Lipinski definition) is 4. The van der Waals surface area contributed by atoms with E-state index >= 15 is 0 Å². The quantitative estimate of drug-likeness (QED) is 0.405. The average Bonchev–Trinajstić information content (AvgIpc) is 3.41. The first-order valence-electron chi connectivity index (χ1n) is 8.52. The van der Waals surface area contributed by atoms with Gasteiger partial charge in [-0.1, -0.05) is 29.3 Å². The summed E-state index contributed by atoms with van der Waals surface area (Å²) in [5.74, 6) is 0.799. The van der Waals surface area contributed by atoms with Gasteiger partial charge in [0.05, 0.1) is 17.6 Å². The van der Waals surface area contributed by atoms with Crippen LogP contribution < -0.4 is 5.32 Å². The fourth-order valence-electron chi connectivity index (χ4n) is 2.69. The van der Waals surface area contributed by atoms with Crippen LogP contribution in [0.15, 0.2) is 63.9 Å². The first-order chi connectivity index (χ1) is 14.0. The van der Waals surface area contributed by atoms with Crippen molar-refractivity contribution in [3.05, 3.63) is 86.6 Å². The lowest BCUT2D eigenvalue weighted by Crippen LogP contribution is -2.12. The van der Waals surface area contributed by atoms with Gasteiger partial charge in [0.1, 0.15) is 5.76 Å². The van der Waals surface area contributed by atoms with Crippen LogP contribution in [0.3, 0.4) is 0 Å². The summed E-state index contributed by atoms with van der Waals surface area (Å²) in [5.41, 5.74) is 0.859. The number of carbonyl (C=O) groups is 1. The second-order valence-electron chi connectivity index (χ2n) is 6.18. The highest BCUT2D eigenvalue weighted by Crippen LogP contribution is 2.25. The number of amides is 1. The van der Waals surface area contributed by atoms with E-state index in [-0.39, 0.29) is 5.76 Å². The summed E-state index contributed by atoms with van der Waals surface area (Å²) in [6.45, 7) is 0.875. The van der Waals surface area contributed by atoms with Gasteiger partial charge in [0.2, 0.25) is 0 Å². The fraction of sp³-hybridized carbons (Fsp3) is 0.105. The molecule has 0 aliphatic carbocycles. The molecule has 0 atom stereocenters. The highest BCUT2D eigenvalue weighted by molar-refractivity contribution is 9.10. The van der Waals surface area contributed by atoms with Crippen molar-refractivity contribution in [3.63, 3.8) is 0 Å². The molecule has 148 valence electrons. The topological polar surface area (TPSA) is 77.9 Å². The molecule has 0 aliphatic rings. The van der Waals surface area contributed by atoms with Gasteiger partial charge in [0, 0.05) is 28.6 Å². The second-order valence-corrected chi connectivity index (χ2v) is 7.88. The molecule has 7 nitrogen and oxygen atoms in total. The molecule has 0 spiro atoms. The fourth-order valence-corrected chi connectivity index (χ4v) is 3.58. The zero-order valence-electron chi connectivity index (χ0n) is 14.8. The molecular formula is C19H14BrCl2N5O2. The number of anilines is 1. The lowest BCUT2D eigenvalue weighted by Gasteiger charge is -2.05. The smallest absolute Gasteiger partial charge is 0.292 e. The van der Waals surface area contributed by atoms with Crippen molar-refractivity contribution in [1.29, 1.82) is 0 Å². The van der Waals surface area contributed by atoms with E-state index in [4.69, 9.17) is 27.6 Å². The summed E-state index contributed by atoms with van der Waals surface area (Å²) < 4.78 is 9.62. The highest BCUT2D eigenvalue weighted by Gasteiger charge is 2.16. The molecule has 4 aromatic rings.